The Balaban J connectivity index is 3.10. The van der Waals surface area contributed by atoms with Crippen molar-refractivity contribution in [2.24, 2.45) is 9.89 Å². The molecule has 3 N–H and O–H groups in total. The average Bonchev–Trinajstić information content (AvgIpc) is 2.71. The van der Waals surface area contributed by atoms with Crippen LogP contribution in [0.25, 0.3) is 0 Å². The summed E-state index contributed by atoms with van der Waals surface area (Å²) in [5.41, 5.74) is -3.76. The highest BCUT2D eigenvalue weighted by Crippen LogP contribution is 2.70. The van der Waals surface area contributed by atoms with Gasteiger partial charge in [0.2, 0.25) is 0 Å². The molecule has 0 bridgehead atoms. The zero-order valence-electron chi connectivity index (χ0n) is 16.6. The van der Waals surface area contributed by atoms with Gasteiger partial charge in [-0.1, -0.05) is 6.08 Å². The predicted octanol–water partition coefficient (Wildman–Crippen LogP) is 2.25. The van der Waals surface area contributed by atoms with Crippen molar-refractivity contribution < 1.29 is 45.8 Å². The van der Waals surface area contributed by atoms with Gasteiger partial charge in [-0.3, -0.25) is 18.9 Å². The SMILES string of the molecule is C=CC[C@@](CF)(COP(=O)(O)OP(=O)(N=O)OP(=O)(O)N=O)O[C@H](C)n1ccc(=O)[nH]c1=O. The standard InChI is InChI=1S/C12H18FN4O13P3/c1-3-5-12(7-13,28-9(2)17-6-4-10(18)14-11(17)19)8-27-33(25,26)30-32(24,16-21)29-31(22,23)15-20/h3-4,6,9H,1,5,7-8H2,2H3,(H,22,23)(H,25,26)(H,14,18,19)/t9-,12-,32?/m1/s1. The summed E-state index contributed by atoms with van der Waals surface area (Å²) in [6.07, 6.45) is 0.471. The van der Waals surface area contributed by atoms with Gasteiger partial charge in [0.05, 0.1) is 6.61 Å². The first-order valence-electron chi connectivity index (χ1n) is 8.35. The lowest BCUT2D eigenvalue weighted by molar-refractivity contribution is -0.147. The quantitative estimate of drug-likeness (QED) is 0.165. The number of ether oxygens (including phenoxy) is 1. The van der Waals surface area contributed by atoms with Crippen molar-refractivity contribution in [3.63, 3.8) is 0 Å². The molecule has 0 amide bonds. The highest BCUT2D eigenvalue weighted by atomic mass is 31.3. The molecule has 21 heteroatoms. The Morgan fingerprint density at radius 2 is 1.91 bits per heavy atom. The van der Waals surface area contributed by atoms with E-state index in [1.54, 1.807) is 4.95 Å². The molecular formula is C12H18FN4O13P3. The maximum absolute atomic E-state index is 13.9. The Kier molecular flexibility index (Phi) is 10.0. The third-order valence-corrected chi connectivity index (χ3v) is 7.72. The van der Waals surface area contributed by atoms with Gasteiger partial charge in [-0.05, 0) is 13.3 Å². The molecule has 5 atom stereocenters. The highest BCUT2D eigenvalue weighted by Gasteiger charge is 2.46. The predicted molar refractivity (Wildman–Crippen MR) is 108 cm³/mol. The summed E-state index contributed by atoms with van der Waals surface area (Å²) in [4.78, 5) is 67.5. The van der Waals surface area contributed by atoms with E-state index >= 15 is 0 Å². The fourth-order valence-corrected chi connectivity index (χ4v) is 5.66. The third kappa shape index (κ3) is 8.70. The number of hydrogen-bond donors (Lipinski definition) is 3. The van der Waals surface area contributed by atoms with Crippen molar-refractivity contribution in [3.8, 4) is 0 Å². The summed E-state index contributed by atoms with van der Waals surface area (Å²) in [7, 11) is -17.0. The fraction of sp³-hybridized carbons (Fsp3) is 0.500. The van der Waals surface area contributed by atoms with Crippen LogP contribution < -0.4 is 11.2 Å². The summed E-state index contributed by atoms with van der Waals surface area (Å²) in [5, 5.41) is 0. The molecule has 1 heterocycles. The molecule has 1 rings (SSSR count). The van der Waals surface area contributed by atoms with E-state index in [1.165, 1.54) is 11.9 Å². The molecule has 0 aliphatic carbocycles. The minimum atomic E-state index is -5.76. The third-order valence-electron chi connectivity index (χ3n) is 3.53. The molecule has 3 unspecified atom stereocenters. The van der Waals surface area contributed by atoms with E-state index in [0.29, 0.717) is 0 Å². The van der Waals surface area contributed by atoms with E-state index < -0.39 is 66.1 Å². The van der Waals surface area contributed by atoms with Gasteiger partial charge in [0.15, 0.2) is 0 Å². The van der Waals surface area contributed by atoms with Crippen LogP contribution in [-0.2, 0) is 31.6 Å². The van der Waals surface area contributed by atoms with Gasteiger partial charge < -0.3 is 14.5 Å². The Labute approximate surface area is 183 Å². The second-order valence-electron chi connectivity index (χ2n) is 6.07. The summed E-state index contributed by atoms with van der Waals surface area (Å²) in [6, 6.07) is 0.968. The number of aromatic amines is 1. The van der Waals surface area contributed by atoms with Crippen LogP contribution in [0, 0.1) is 9.81 Å². The van der Waals surface area contributed by atoms with Gasteiger partial charge in [-0.25, -0.2) is 22.9 Å². The molecule has 33 heavy (non-hydrogen) atoms. The smallest absolute Gasteiger partial charge is 0.346 e. The maximum Gasteiger partial charge on any atom is 0.507 e. The first kappa shape index (κ1) is 29.0. The number of aromatic nitrogens is 2. The average molecular weight is 538 g/mol. The molecule has 1 aromatic rings. The molecule has 0 fully saturated rings. The number of phosphoric acid groups is 1. The number of nitrogens with one attached hydrogen (secondary N) is 1. The summed E-state index contributed by atoms with van der Waals surface area (Å²) in [5.74, 6) is 0. The monoisotopic (exact) mass is 538 g/mol. The van der Waals surface area contributed by atoms with Crippen LogP contribution in [-0.4, -0.2) is 38.2 Å². The summed E-state index contributed by atoms with van der Waals surface area (Å²) >= 11 is 0. The molecule has 0 saturated heterocycles. The number of rotatable bonds is 15. The number of phosphoric ester groups is 1. The van der Waals surface area contributed by atoms with E-state index in [0.717, 1.165) is 22.9 Å². The van der Waals surface area contributed by atoms with Crippen molar-refractivity contribution in [3.05, 3.63) is 55.6 Å². The number of nitrogens with zero attached hydrogens (tertiary/aromatic N) is 3. The molecular weight excluding hydrogens is 520 g/mol. The molecule has 0 spiro atoms. The van der Waals surface area contributed by atoms with Crippen molar-refractivity contribution >= 4 is 23.3 Å². The van der Waals surface area contributed by atoms with Crippen LogP contribution in [0.4, 0.5) is 4.39 Å². The van der Waals surface area contributed by atoms with Gasteiger partial charge in [0.25, 0.3) is 5.56 Å². The van der Waals surface area contributed by atoms with Crippen LogP contribution in [0.5, 0.6) is 0 Å². The largest absolute Gasteiger partial charge is 0.507 e. The van der Waals surface area contributed by atoms with Crippen molar-refractivity contribution in [1.29, 1.82) is 0 Å². The van der Waals surface area contributed by atoms with Crippen LogP contribution in [0.3, 0.4) is 0 Å². The zero-order valence-corrected chi connectivity index (χ0v) is 19.3. The van der Waals surface area contributed by atoms with Gasteiger partial charge >= 0.3 is 29.0 Å². The first-order valence-corrected chi connectivity index (χ1v) is 12.9. The molecule has 0 aliphatic rings. The lowest BCUT2D eigenvalue weighted by atomic mass is 10.0. The Hall–Kier alpha value is -2.00. The Morgan fingerprint density at radius 3 is 2.39 bits per heavy atom. The van der Waals surface area contributed by atoms with E-state index in [2.05, 4.69) is 19.7 Å². The van der Waals surface area contributed by atoms with Crippen LogP contribution in [0.2, 0.25) is 0 Å². The Bertz CT molecular complexity index is 1140. The summed E-state index contributed by atoms with van der Waals surface area (Å²) < 4.78 is 67.1. The van der Waals surface area contributed by atoms with E-state index in [4.69, 9.17) is 9.63 Å². The number of halogens is 1. The van der Waals surface area contributed by atoms with Crippen molar-refractivity contribution in [1.82, 2.24) is 9.55 Å². The van der Waals surface area contributed by atoms with E-state index in [1.807, 2.05) is 4.98 Å². The number of nitroso groups, excluding NO2 is 2. The lowest BCUT2D eigenvalue weighted by Gasteiger charge is -2.33. The number of hydrogen-bond acceptors (Lipinski definition) is 11. The highest BCUT2D eigenvalue weighted by molar-refractivity contribution is 7.70. The number of H-pyrrole nitrogens is 1. The second-order valence-corrected chi connectivity index (χ2v) is 10.8. The van der Waals surface area contributed by atoms with E-state index in [-0.39, 0.29) is 0 Å². The van der Waals surface area contributed by atoms with Gasteiger partial charge in [-0.15, -0.1) is 16.4 Å². The van der Waals surface area contributed by atoms with Crippen LogP contribution in [0.15, 0.2) is 44.4 Å². The topological polar surface area (TPSA) is 242 Å². The molecule has 0 aliphatic heterocycles. The van der Waals surface area contributed by atoms with E-state index in [9.17, 15) is 42.4 Å². The normalized spacial score (nSPS) is 19.8. The molecule has 0 radical (unpaired) electrons. The fourth-order valence-electron chi connectivity index (χ4n) is 2.21. The minimum Gasteiger partial charge on any atom is -0.346 e. The molecule has 1 aromatic heterocycles. The summed E-state index contributed by atoms with van der Waals surface area (Å²) in [6.45, 7) is 2.05. The lowest BCUT2D eigenvalue weighted by Crippen LogP contribution is -2.43. The molecule has 0 saturated carbocycles. The van der Waals surface area contributed by atoms with Crippen molar-refractivity contribution in [2.45, 2.75) is 25.2 Å². The van der Waals surface area contributed by atoms with Gasteiger partial charge in [0, 0.05) is 22.2 Å². The molecule has 186 valence electrons. The Morgan fingerprint density at radius 1 is 1.27 bits per heavy atom. The van der Waals surface area contributed by atoms with Crippen LogP contribution in [0.1, 0.15) is 19.6 Å². The minimum absolute atomic E-state index is 0.396. The van der Waals surface area contributed by atoms with Crippen LogP contribution >= 0.6 is 23.3 Å². The molecule has 0 aromatic carbocycles. The molecule has 17 nitrogen and oxygen atoms in total. The van der Waals surface area contributed by atoms with Crippen molar-refractivity contribution in [2.75, 3.05) is 13.3 Å². The zero-order chi connectivity index (χ0) is 25.5. The van der Waals surface area contributed by atoms with Gasteiger partial charge in [-0.2, -0.15) is 8.62 Å². The second kappa shape index (κ2) is 11.4. The first-order chi connectivity index (χ1) is 15.2. The maximum atomic E-state index is 13.9. The number of alkyl halides is 1. The van der Waals surface area contributed by atoms with Gasteiger partial charge in [0.1, 0.15) is 18.5 Å².